The summed E-state index contributed by atoms with van der Waals surface area (Å²) in [4.78, 5) is 19.1. The highest BCUT2D eigenvalue weighted by Crippen LogP contribution is 2.16. The molecule has 1 amide bonds. The highest BCUT2D eigenvalue weighted by atomic mass is 16.5. The normalized spacial score (nSPS) is 17.0. The minimum absolute atomic E-state index is 0.00904. The second-order valence-electron chi connectivity index (χ2n) is 7.16. The second-order valence-corrected chi connectivity index (χ2v) is 7.16. The summed E-state index contributed by atoms with van der Waals surface area (Å²) in [6, 6.07) is 18.0. The zero-order valence-corrected chi connectivity index (χ0v) is 16.0. The Morgan fingerprint density at radius 2 is 2.11 bits per heavy atom. The largest absolute Gasteiger partial charge is 0.374 e. The summed E-state index contributed by atoms with van der Waals surface area (Å²) in [5.41, 5.74) is 3.87. The molecule has 0 spiro atoms. The predicted molar refractivity (Wildman–Crippen MR) is 108 cm³/mol. The zero-order chi connectivity index (χ0) is 19.3. The monoisotopic (exact) mass is 376 g/mol. The maximum atomic E-state index is 12.9. The average Bonchev–Trinajstić information content (AvgIpc) is 2.73. The standard InChI is InChI=1S/C23H24N2O3/c1-17-5-4-6-18(11-17)15-27-16-21-14-25(9-10-28-21)23(26)20-12-19-7-2-3-8-22(19)24-13-20/h2-8,11-13,21H,9-10,14-16H2,1H3. The molecule has 1 unspecified atom stereocenters. The van der Waals surface area contributed by atoms with Crippen molar-refractivity contribution in [3.05, 3.63) is 77.5 Å². The second kappa shape index (κ2) is 8.50. The zero-order valence-electron chi connectivity index (χ0n) is 16.0. The van der Waals surface area contributed by atoms with Gasteiger partial charge in [-0.3, -0.25) is 9.78 Å². The van der Waals surface area contributed by atoms with E-state index in [2.05, 4.69) is 30.1 Å². The van der Waals surface area contributed by atoms with E-state index in [1.807, 2.05) is 41.3 Å². The van der Waals surface area contributed by atoms with E-state index in [1.54, 1.807) is 6.20 Å². The van der Waals surface area contributed by atoms with Gasteiger partial charge in [-0.05, 0) is 24.6 Å². The lowest BCUT2D eigenvalue weighted by molar-refractivity contribution is -0.0647. The molecule has 2 aromatic carbocycles. The number of rotatable bonds is 5. The van der Waals surface area contributed by atoms with Gasteiger partial charge in [0.15, 0.2) is 0 Å². The number of benzene rings is 2. The molecule has 3 aromatic rings. The van der Waals surface area contributed by atoms with Crippen LogP contribution in [0, 0.1) is 6.92 Å². The molecule has 5 heteroatoms. The van der Waals surface area contributed by atoms with Gasteiger partial charge in [0, 0.05) is 24.7 Å². The molecule has 0 saturated carbocycles. The van der Waals surface area contributed by atoms with Crippen molar-refractivity contribution in [1.29, 1.82) is 0 Å². The molecule has 2 heterocycles. The van der Waals surface area contributed by atoms with Gasteiger partial charge < -0.3 is 14.4 Å². The SMILES string of the molecule is Cc1cccc(COCC2CN(C(=O)c3cnc4ccccc4c3)CCO2)c1. The lowest BCUT2D eigenvalue weighted by Crippen LogP contribution is -2.47. The van der Waals surface area contributed by atoms with E-state index in [0.717, 1.165) is 16.5 Å². The Morgan fingerprint density at radius 3 is 3.00 bits per heavy atom. The summed E-state index contributed by atoms with van der Waals surface area (Å²) in [6.45, 7) is 4.71. The molecule has 0 N–H and O–H groups in total. The van der Waals surface area contributed by atoms with Crippen LogP contribution in [0.4, 0.5) is 0 Å². The summed E-state index contributed by atoms with van der Waals surface area (Å²) >= 11 is 0. The third kappa shape index (κ3) is 4.38. The lowest BCUT2D eigenvalue weighted by atomic mass is 10.1. The third-order valence-corrected chi connectivity index (χ3v) is 4.92. The molecule has 1 aromatic heterocycles. The van der Waals surface area contributed by atoms with Crippen LogP contribution in [0.15, 0.2) is 60.8 Å². The van der Waals surface area contributed by atoms with E-state index in [1.165, 1.54) is 5.56 Å². The van der Waals surface area contributed by atoms with Gasteiger partial charge in [-0.15, -0.1) is 0 Å². The molecule has 1 aliphatic heterocycles. The van der Waals surface area contributed by atoms with Gasteiger partial charge in [-0.2, -0.15) is 0 Å². The van der Waals surface area contributed by atoms with E-state index >= 15 is 0 Å². The van der Waals surface area contributed by atoms with Crippen molar-refractivity contribution in [2.75, 3.05) is 26.3 Å². The van der Waals surface area contributed by atoms with E-state index in [4.69, 9.17) is 9.47 Å². The minimum atomic E-state index is -0.115. The Balaban J connectivity index is 1.35. The average molecular weight is 376 g/mol. The molecule has 0 aliphatic carbocycles. The fourth-order valence-electron chi connectivity index (χ4n) is 3.49. The third-order valence-electron chi connectivity index (χ3n) is 4.92. The van der Waals surface area contributed by atoms with Gasteiger partial charge in [0.2, 0.25) is 0 Å². The molecule has 4 rings (SSSR count). The molecular formula is C23H24N2O3. The number of aryl methyl sites for hydroxylation is 1. The first-order chi connectivity index (χ1) is 13.7. The quantitative estimate of drug-likeness (QED) is 0.683. The van der Waals surface area contributed by atoms with Crippen molar-refractivity contribution in [3.8, 4) is 0 Å². The maximum Gasteiger partial charge on any atom is 0.255 e. The van der Waals surface area contributed by atoms with Crippen molar-refractivity contribution < 1.29 is 14.3 Å². The molecule has 1 atom stereocenters. The molecule has 1 saturated heterocycles. The van der Waals surface area contributed by atoms with Gasteiger partial charge >= 0.3 is 0 Å². The van der Waals surface area contributed by atoms with Crippen molar-refractivity contribution in [2.24, 2.45) is 0 Å². The number of carbonyl (C=O) groups excluding carboxylic acids is 1. The predicted octanol–water partition coefficient (Wildman–Crippen LogP) is 3.60. The summed E-state index contributed by atoms with van der Waals surface area (Å²) in [5.74, 6) is -0.00904. The number of hydrogen-bond donors (Lipinski definition) is 0. The first-order valence-electron chi connectivity index (χ1n) is 9.58. The summed E-state index contributed by atoms with van der Waals surface area (Å²) < 4.78 is 11.6. The Morgan fingerprint density at radius 1 is 1.21 bits per heavy atom. The van der Waals surface area contributed by atoms with Crippen molar-refractivity contribution in [1.82, 2.24) is 9.88 Å². The number of morpholine rings is 1. The van der Waals surface area contributed by atoms with Gasteiger partial charge in [0.05, 0.1) is 37.0 Å². The van der Waals surface area contributed by atoms with Gasteiger partial charge in [-0.1, -0.05) is 48.0 Å². The summed E-state index contributed by atoms with van der Waals surface area (Å²) in [5, 5.41) is 0.972. The van der Waals surface area contributed by atoms with E-state index in [0.29, 0.717) is 38.5 Å². The molecule has 5 nitrogen and oxygen atoms in total. The van der Waals surface area contributed by atoms with Crippen LogP contribution in [0.1, 0.15) is 21.5 Å². The Bertz CT molecular complexity index is 973. The number of para-hydroxylation sites is 1. The molecular weight excluding hydrogens is 352 g/mol. The molecule has 1 fully saturated rings. The first kappa shape index (κ1) is 18.6. The number of aromatic nitrogens is 1. The first-order valence-corrected chi connectivity index (χ1v) is 9.58. The minimum Gasteiger partial charge on any atom is -0.374 e. The van der Waals surface area contributed by atoms with Gasteiger partial charge in [0.1, 0.15) is 0 Å². The fraction of sp³-hybridized carbons (Fsp3) is 0.304. The molecule has 144 valence electrons. The van der Waals surface area contributed by atoms with Crippen LogP contribution in [0.3, 0.4) is 0 Å². The molecule has 1 aliphatic rings. The van der Waals surface area contributed by atoms with Crippen LogP contribution in [-0.4, -0.2) is 48.2 Å². The van der Waals surface area contributed by atoms with Crippen molar-refractivity contribution >= 4 is 16.8 Å². The van der Waals surface area contributed by atoms with Crippen molar-refractivity contribution in [2.45, 2.75) is 19.6 Å². The Kier molecular flexibility index (Phi) is 5.65. The Hall–Kier alpha value is -2.76. The lowest BCUT2D eigenvalue weighted by Gasteiger charge is -2.33. The maximum absolute atomic E-state index is 12.9. The Labute approximate surface area is 164 Å². The van der Waals surface area contributed by atoms with E-state index in [9.17, 15) is 4.79 Å². The van der Waals surface area contributed by atoms with Crippen LogP contribution in [-0.2, 0) is 16.1 Å². The number of amides is 1. The number of nitrogens with zero attached hydrogens (tertiary/aromatic N) is 2. The highest BCUT2D eigenvalue weighted by molar-refractivity contribution is 5.97. The van der Waals surface area contributed by atoms with Gasteiger partial charge in [0.25, 0.3) is 5.91 Å². The summed E-state index contributed by atoms with van der Waals surface area (Å²) in [6.07, 6.45) is 1.54. The molecule has 0 radical (unpaired) electrons. The van der Waals surface area contributed by atoms with E-state index in [-0.39, 0.29) is 12.0 Å². The highest BCUT2D eigenvalue weighted by Gasteiger charge is 2.25. The topological polar surface area (TPSA) is 51.7 Å². The summed E-state index contributed by atoms with van der Waals surface area (Å²) in [7, 11) is 0. The van der Waals surface area contributed by atoms with Crippen LogP contribution >= 0.6 is 0 Å². The van der Waals surface area contributed by atoms with Crippen LogP contribution in [0.5, 0.6) is 0 Å². The molecule has 28 heavy (non-hydrogen) atoms. The molecule has 0 bridgehead atoms. The van der Waals surface area contributed by atoms with Crippen molar-refractivity contribution in [3.63, 3.8) is 0 Å². The number of hydrogen-bond acceptors (Lipinski definition) is 4. The number of ether oxygens (including phenoxy) is 2. The number of pyridine rings is 1. The fourth-order valence-corrected chi connectivity index (χ4v) is 3.49. The van der Waals surface area contributed by atoms with E-state index < -0.39 is 0 Å². The van der Waals surface area contributed by atoms with Crippen LogP contribution < -0.4 is 0 Å². The van der Waals surface area contributed by atoms with Crippen LogP contribution in [0.25, 0.3) is 10.9 Å². The smallest absolute Gasteiger partial charge is 0.255 e. The number of fused-ring (bicyclic) bond motifs is 1. The van der Waals surface area contributed by atoms with Gasteiger partial charge in [-0.25, -0.2) is 0 Å². The van der Waals surface area contributed by atoms with Crippen LogP contribution in [0.2, 0.25) is 0 Å². The number of carbonyl (C=O) groups is 1.